The zero-order chi connectivity index (χ0) is 16.0. The molecule has 0 aromatic carbocycles. The fraction of sp³-hybridized carbons (Fsp3) is 0.867. The summed E-state index contributed by atoms with van der Waals surface area (Å²) in [6, 6.07) is 0.143. The van der Waals surface area contributed by atoms with Gasteiger partial charge < -0.3 is 19.7 Å². The van der Waals surface area contributed by atoms with E-state index in [4.69, 9.17) is 9.47 Å². The number of nitrogens with one attached hydrogen (secondary N) is 1. The number of ether oxygens (including phenoxy) is 2. The summed E-state index contributed by atoms with van der Waals surface area (Å²) in [6.45, 7) is 9.85. The third kappa shape index (κ3) is 6.80. The van der Waals surface area contributed by atoms with E-state index in [2.05, 4.69) is 10.2 Å². The van der Waals surface area contributed by atoms with E-state index in [1.165, 1.54) is 7.11 Å². The SMILES string of the molecule is COC(=O)C(C)CN1CCC(NC(=O)OC(C)(C)C)CC1. The predicted octanol–water partition coefficient (Wildman–Crippen LogP) is 1.78. The molecule has 1 amide bonds. The lowest BCUT2D eigenvalue weighted by Gasteiger charge is -2.33. The molecule has 0 spiro atoms. The Labute approximate surface area is 127 Å². The van der Waals surface area contributed by atoms with Crippen LogP contribution in [-0.2, 0) is 14.3 Å². The van der Waals surface area contributed by atoms with Crippen molar-refractivity contribution in [3.8, 4) is 0 Å². The molecule has 1 saturated heterocycles. The van der Waals surface area contributed by atoms with Gasteiger partial charge in [0.1, 0.15) is 5.60 Å². The van der Waals surface area contributed by atoms with Crippen LogP contribution in [0.25, 0.3) is 0 Å². The van der Waals surface area contributed by atoms with Gasteiger partial charge in [0.25, 0.3) is 0 Å². The van der Waals surface area contributed by atoms with E-state index in [-0.39, 0.29) is 24.0 Å². The van der Waals surface area contributed by atoms with Crippen LogP contribution in [0.2, 0.25) is 0 Å². The number of piperidine rings is 1. The zero-order valence-electron chi connectivity index (χ0n) is 13.8. The highest BCUT2D eigenvalue weighted by atomic mass is 16.6. The standard InChI is InChI=1S/C15H28N2O4/c1-11(13(18)20-5)10-17-8-6-12(7-9-17)16-14(19)21-15(2,3)4/h11-12H,6-10H2,1-5H3,(H,16,19). The molecule has 1 fully saturated rings. The molecular formula is C15H28N2O4. The largest absolute Gasteiger partial charge is 0.469 e. The van der Waals surface area contributed by atoms with Gasteiger partial charge in [-0.3, -0.25) is 4.79 Å². The van der Waals surface area contributed by atoms with Crippen LogP contribution >= 0.6 is 0 Å². The van der Waals surface area contributed by atoms with E-state index in [0.717, 1.165) is 25.9 Å². The normalized spacial score (nSPS) is 18.9. The smallest absolute Gasteiger partial charge is 0.407 e. The van der Waals surface area contributed by atoms with Crippen molar-refractivity contribution in [1.82, 2.24) is 10.2 Å². The van der Waals surface area contributed by atoms with Crippen LogP contribution in [0.15, 0.2) is 0 Å². The number of amides is 1. The highest BCUT2D eigenvalue weighted by Crippen LogP contribution is 2.14. The molecule has 1 aliphatic rings. The van der Waals surface area contributed by atoms with E-state index in [1.54, 1.807) is 0 Å². The lowest BCUT2D eigenvalue weighted by atomic mass is 10.0. The molecule has 1 rings (SSSR count). The second kappa shape index (κ2) is 7.64. The second-order valence-corrected chi connectivity index (χ2v) is 6.65. The molecule has 0 aromatic heterocycles. The molecule has 1 aliphatic heterocycles. The summed E-state index contributed by atoms with van der Waals surface area (Å²) in [7, 11) is 1.41. The summed E-state index contributed by atoms with van der Waals surface area (Å²) in [5.74, 6) is -0.297. The van der Waals surface area contributed by atoms with Crippen molar-refractivity contribution >= 4 is 12.1 Å². The van der Waals surface area contributed by atoms with Crippen molar-refractivity contribution in [2.24, 2.45) is 5.92 Å². The summed E-state index contributed by atoms with van der Waals surface area (Å²) in [5.41, 5.74) is -0.471. The van der Waals surface area contributed by atoms with Gasteiger partial charge in [0.2, 0.25) is 0 Å². The molecule has 6 heteroatoms. The number of rotatable bonds is 4. The van der Waals surface area contributed by atoms with Gasteiger partial charge in [0.15, 0.2) is 0 Å². The molecule has 6 nitrogen and oxygen atoms in total. The van der Waals surface area contributed by atoms with E-state index >= 15 is 0 Å². The van der Waals surface area contributed by atoms with Gasteiger partial charge in [-0.25, -0.2) is 4.79 Å². The number of carbonyl (C=O) groups excluding carboxylic acids is 2. The number of alkyl carbamates (subject to hydrolysis) is 1. The van der Waals surface area contributed by atoms with Crippen LogP contribution < -0.4 is 5.32 Å². The number of carbonyl (C=O) groups is 2. The average Bonchev–Trinajstić information content (AvgIpc) is 2.37. The lowest BCUT2D eigenvalue weighted by molar-refractivity contribution is -0.145. The number of hydrogen-bond donors (Lipinski definition) is 1. The summed E-state index contributed by atoms with van der Waals surface area (Å²) < 4.78 is 9.99. The number of nitrogens with zero attached hydrogens (tertiary/aromatic N) is 1. The molecule has 1 heterocycles. The first-order valence-electron chi connectivity index (χ1n) is 7.51. The predicted molar refractivity (Wildman–Crippen MR) is 80.0 cm³/mol. The Balaban J connectivity index is 2.29. The number of hydrogen-bond acceptors (Lipinski definition) is 5. The maximum Gasteiger partial charge on any atom is 0.407 e. The zero-order valence-corrected chi connectivity index (χ0v) is 13.8. The maximum atomic E-state index is 11.7. The quantitative estimate of drug-likeness (QED) is 0.802. The van der Waals surface area contributed by atoms with Gasteiger partial charge in [-0.1, -0.05) is 6.92 Å². The van der Waals surface area contributed by atoms with Crippen LogP contribution in [0.4, 0.5) is 4.79 Å². The van der Waals surface area contributed by atoms with Crippen molar-refractivity contribution in [2.75, 3.05) is 26.7 Å². The molecule has 0 aliphatic carbocycles. The maximum absolute atomic E-state index is 11.7. The summed E-state index contributed by atoms with van der Waals surface area (Å²) >= 11 is 0. The van der Waals surface area contributed by atoms with Crippen LogP contribution in [0.5, 0.6) is 0 Å². The van der Waals surface area contributed by atoms with E-state index in [9.17, 15) is 9.59 Å². The highest BCUT2D eigenvalue weighted by molar-refractivity contribution is 5.72. The summed E-state index contributed by atoms with van der Waals surface area (Å²) in [6.07, 6.45) is 1.38. The third-order valence-corrected chi connectivity index (χ3v) is 3.44. The Morgan fingerprint density at radius 2 is 1.86 bits per heavy atom. The monoisotopic (exact) mass is 300 g/mol. The minimum atomic E-state index is -0.471. The molecule has 0 aromatic rings. The van der Waals surface area contributed by atoms with Gasteiger partial charge in [0, 0.05) is 25.7 Å². The fourth-order valence-corrected chi connectivity index (χ4v) is 2.40. The second-order valence-electron chi connectivity index (χ2n) is 6.65. The molecule has 122 valence electrons. The summed E-state index contributed by atoms with van der Waals surface area (Å²) in [5, 5.41) is 2.90. The van der Waals surface area contributed by atoms with Crippen LogP contribution in [0.3, 0.4) is 0 Å². The Hall–Kier alpha value is -1.30. The Bertz CT molecular complexity index is 357. The fourth-order valence-electron chi connectivity index (χ4n) is 2.40. The first-order valence-corrected chi connectivity index (χ1v) is 7.51. The van der Waals surface area contributed by atoms with Crippen molar-refractivity contribution < 1.29 is 19.1 Å². The van der Waals surface area contributed by atoms with Gasteiger partial charge >= 0.3 is 12.1 Å². The van der Waals surface area contributed by atoms with Crippen molar-refractivity contribution in [2.45, 2.75) is 52.2 Å². The van der Waals surface area contributed by atoms with Crippen LogP contribution in [0, 0.1) is 5.92 Å². The van der Waals surface area contributed by atoms with Gasteiger partial charge in [-0.05, 0) is 33.6 Å². The highest BCUT2D eigenvalue weighted by Gasteiger charge is 2.25. The van der Waals surface area contributed by atoms with Gasteiger partial charge in [0.05, 0.1) is 13.0 Å². The minimum absolute atomic E-state index is 0.120. The Kier molecular flexibility index (Phi) is 6.45. The number of esters is 1. The Morgan fingerprint density at radius 3 is 2.33 bits per heavy atom. The molecule has 21 heavy (non-hydrogen) atoms. The molecule has 1 unspecified atom stereocenters. The van der Waals surface area contributed by atoms with Crippen molar-refractivity contribution in [1.29, 1.82) is 0 Å². The van der Waals surface area contributed by atoms with E-state index in [0.29, 0.717) is 6.54 Å². The molecule has 1 atom stereocenters. The first kappa shape index (κ1) is 17.8. The minimum Gasteiger partial charge on any atom is -0.469 e. The topological polar surface area (TPSA) is 67.9 Å². The third-order valence-electron chi connectivity index (χ3n) is 3.44. The van der Waals surface area contributed by atoms with Gasteiger partial charge in [-0.15, -0.1) is 0 Å². The Morgan fingerprint density at radius 1 is 1.29 bits per heavy atom. The van der Waals surface area contributed by atoms with E-state index in [1.807, 2.05) is 27.7 Å². The lowest BCUT2D eigenvalue weighted by Crippen LogP contribution is -2.47. The van der Waals surface area contributed by atoms with Crippen molar-refractivity contribution in [3.63, 3.8) is 0 Å². The number of methoxy groups -OCH3 is 1. The summed E-state index contributed by atoms with van der Waals surface area (Å²) in [4.78, 5) is 25.3. The van der Waals surface area contributed by atoms with Gasteiger partial charge in [-0.2, -0.15) is 0 Å². The first-order chi connectivity index (χ1) is 9.71. The number of likely N-dealkylation sites (tertiary alicyclic amines) is 1. The molecule has 1 N–H and O–H groups in total. The molecule has 0 bridgehead atoms. The average molecular weight is 300 g/mol. The van der Waals surface area contributed by atoms with Crippen molar-refractivity contribution in [3.05, 3.63) is 0 Å². The molecule has 0 saturated carbocycles. The van der Waals surface area contributed by atoms with E-state index < -0.39 is 5.60 Å². The van der Waals surface area contributed by atoms with Crippen LogP contribution in [-0.4, -0.2) is 55.3 Å². The molecular weight excluding hydrogens is 272 g/mol. The molecule has 0 radical (unpaired) electrons. The van der Waals surface area contributed by atoms with Crippen LogP contribution in [0.1, 0.15) is 40.5 Å².